The molecule has 0 radical (unpaired) electrons. The van der Waals surface area contributed by atoms with Gasteiger partial charge in [-0.3, -0.25) is 0 Å². The lowest BCUT2D eigenvalue weighted by Crippen LogP contribution is -2.24. The molecule has 0 amide bonds. The third-order valence-electron chi connectivity index (χ3n) is 2.17. The van der Waals surface area contributed by atoms with Crippen LogP contribution in [-0.4, -0.2) is 6.04 Å². The maximum absolute atomic E-state index is 13.1. The van der Waals surface area contributed by atoms with Crippen LogP contribution in [0.3, 0.4) is 0 Å². The van der Waals surface area contributed by atoms with Crippen molar-refractivity contribution in [2.75, 3.05) is 0 Å². The average Bonchev–Trinajstić information content (AvgIpc) is 2.26. The smallest absolute Gasteiger partial charge is 0.124 e. The molecule has 0 bridgehead atoms. The van der Waals surface area contributed by atoms with Crippen LogP contribution in [0.25, 0.3) is 0 Å². The van der Waals surface area contributed by atoms with E-state index in [2.05, 4.69) is 11.2 Å². The van der Waals surface area contributed by atoms with Gasteiger partial charge in [0.2, 0.25) is 0 Å². The first kappa shape index (κ1) is 12.2. The predicted molar refractivity (Wildman–Crippen MR) is 60.9 cm³/mol. The van der Waals surface area contributed by atoms with E-state index in [1.54, 1.807) is 6.07 Å². The fraction of sp³-hybridized carbons (Fsp3) is 0.308. The highest BCUT2D eigenvalue weighted by molar-refractivity contribution is 5.33. The summed E-state index contributed by atoms with van der Waals surface area (Å²) in [6.07, 6.45) is 5.80. The molecule has 0 aliphatic carbocycles. The molecule has 1 aromatic carbocycles. The molecular weight excluding hydrogens is 203 g/mol. The summed E-state index contributed by atoms with van der Waals surface area (Å²) in [5, 5.41) is 11.8. The van der Waals surface area contributed by atoms with E-state index < -0.39 is 0 Å². The topological polar surface area (TPSA) is 35.8 Å². The fourth-order valence-electron chi connectivity index (χ4n) is 1.36. The third-order valence-corrected chi connectivity index (χ3v) is 2.17. The van der Waals surface area contributed by atoms with Gasteiger partial charge in [-0.05, 0) is 30.7 Å². The number of rotatable bonds is 4. The quantitative estimate of drug-likeness (QED) is 0.783. The van der Waals surface area contributed by atoms with Gasteiger partial charge in [0.25, 0.3) is 0 Å². The van der Waals surface area contributed by atoms with Crippen LogP contribution in [0.1, 0.15) is 24.5 Å². The Bertz CT molecular complexity index is 440. The molecule has 3 heteroatoms. The van der Waals surface area contributed by atoms with Crippen LogP contribution in [0.15, 0.2) is 18.2 Å². The molecule has 0 fully saturated rings. The van der Waals surface area contributed by atoms with Gasteiger partial charge in [-0.1, -0.05) is 0 Å². The lowest BCUT2D eigenvalue weighted by Gasteiger charge is -2.10. The predicted octanol–water partition coefficient (Wildman–Crippen LogP) is 2.20. The SMILES string of the molecule is C#CCC(C)NCc1cc(F)cc(C#N)c1. The number of nitrogens with one attached hydrogen (secondary N) is 1. The van der Waals surface area contributed by atoms with Crippen LogP contribution in [-0.2, 0) is 6.54 Å². The Hall–Kier alpha value is -1.84. The minimum absolute atomic E-state index is 0.179. The number of benzene rings is 1. The van der Waals surface area contributed by atoms with Crippen LogP contribution in [0.2, 0.25) is 0 Å². The van der Waals surface area contributed by atoms with Gasteiger partial charge in [0.05, 0.1) is 11.6 Å². The number of hydrogen-bond acceptors (Lipinski definition) is 2. The van der Waals surface area contributed by atoms with Gasteiger partial charge >= 0.3 is 0 Å². The van der Waals surface area contributed by atoms with Crippen LogP contribution >= 0.6 is 0 Å². The van der Waals surface area contributed by atoms with Crippen LogP contribution < -0.4 is 5.32 Å². The molecule has 16 heavy (non-hydrogen) atoms. The average molecular weight is 216 g/mol. The molecule has 1 rings (SSSR count). The second-order valence-electron chi connectivity index (χ2n) is 3.65. The van der Waals surface area contributed by atoms with E-state index >= 15 is 0 Å². The first-order chi connectivity index (χ1) is 7.65. The van der Waals surface area contributed by atoms with E-state index in [9.17, 15) is 4.39 Å². The van der Waals surface area contributed by atoms with E-state index in [1.165, 1.54) is 12.1 Å². The van der Waals surface area contributed by atoms with Crippen molar-refractivity contribution < 1.29 is 4.39 Å². The number of nitrogens with zero attached hydrogens (tertiary/aromatic N) is 1. The van der Waals surface area contributed by atoms with E-state index in [-0.39, 0.29) is 11.9 Å². The van der Waals surface area contributed by atoms with E-state index in [4.69, 9.17) is 11.7 Å². The number of halogens is 1. The maximum atomic E-state index is 13.1. The summed E-state index contributed by atoms with van der Waals surface area (Å²) < 4.78 is 13.1. The monoisotopic (exact) mass is 216 g/mol. The van der Waals surface area contributed by atoms with Gasteiger partial charge in [0.1, 0.15) is 5.82 Å². The normalized spacial score (nSPS) is 11.5. The van der Waals surface area contributed by atoms with Crippen LogP contribution in [0.5, 0.6) is 0 Å². The summed E-state index contributed by atoms with van der Waals surface area (Å²) in [6, 6.07) is 6.40. The second kappa shape index (κ2) is 5.90. The summed E-state index contributed by atoms with van der Waals surface area (Å²) in [6.45, 7) is 2.47. The highest BCUT2D eigenvalue weighted by Crippen LogP contribution is 2.08. The highest BCUT2D eigenvalue weighted by Gasteiger charge is 2.02. The van der Waals surface area contributed by atoms with Crippen molar-refractivity contribution in [2.45, 2.75) is 25.9 Å². The maximum Gasteiger partial charge on any atom is 0.124 e. The zero-order chi connectivity index (χ0) is 12.0. The van der Waals surface area contributed by atoms with E-state index in [1.807, 2.05) is 13.0 Å². The van der Waals surface area contributed by atoms with Crippen molar-refractivity contribution in [2.24, 2.45) is 0 Å². The Morgan fingerprint density at radius 2 is 2.25 bits per heavy atom. The standard InChI is InChI=1S/C13H13FN2/c1-3-4-10(2)16-9-12-5-11(8-15)6-13(14)7-12/h1,5-7,10,16H,4,9H2,2H3. The summed E-state index contributed by atoms with van der Waals surface area (Å²) in [5.74, 6) is 2.16. The number of terminal acetylenes is 1. The molecule has 0 saturated heterocycles. The van der Waals surface area contributed by atoms with Crippen molar-refractivity contribution in [3.05, 3.63) is 35.1 Å². The van der Waals surface area contributed by atoms with Crippen molar-refractivity contribution in [1.29, 1.82) is 5.26 Å². The van der Waals surface area contributed by atoms with Gasteiger partial charge in [-0.2, -0.15) is 5.26 Å². The zero-order valence-electron chi connectivity index (χ0n) is 9.13. The Kier molecular flexibility index (Phi) is 4.51. The van der Waals surface area contributed by atoms with Crippen molar-refractivity contribution in [3.8, 4) is 18.4 Å². The molecule has 0 heterocycles. The molecule has 1 unspecified atom stereocenters. The summed E-state index contributed by atoms with van der Waals surface area (Å²) >= 11 is 0. The summed E-state index contributed by atoms with van der Waals surface area (Å²) in [5.41, 5.74) is 1.09. The molecule has 2 nitrogen and oxygen atoms in total. The molecule has 0 aromatic heterocycles. The lowest BCUT2D eigenvalue weighted by atomic mass is 10.1. The Morgan fingerprint density at radius 3 is 2.88 bits per heavy atom. The molecule has 0 saturated carbocycles. The van der Waals surface area contributed by atoms with Gasteiger partial charge in [0.15, 0.2) is 0 Å². The van der Waals surface area contributed by atoms with Gasteiger partial charge in [-0.25, -0.2) is 4.39 Å². The largest absolute Gasteiger partial charge is 0.309 e. The Balaban J connectivity index is 2.65. The molecule has 82 valence electrons. The van der Waals surface area contributed by atoms with E-state index in [0.29, 0.717) is 18.5 Å². The molecule has 0 aliphatic rings. The second-order valence-corrected chi connectivity index (χ2v) is 3.65. The Morgan fingerprint density at radius 1 is 1.50 bits per heavy atom. The number of hydrogen-bond donors (Lipinski definition) is 1. The van der Waals surface area contributed by atoms with Gasteiger partial charge < -0.3 is 5.32 Å². The third kappa shape index (κ3) is 3.73. The highest BCUT2D eigenvalue weighted by atomic mass is 19.1. The Labute approximate surface area is 95.1 Å². The van der Waals surface area contributed by atoms with Crippen molar-refractivity contribution >= 4 is 0 Å². The first-order valence-electron chi connectivity index (χ1n) is 5.02. The van der Waals surface area contributed by atoms with Crippen molar-refractivity contribution in [3.63, 3.8) is 0 Å². The minimum Gasteiger partial charge on any atom is -0.309 e. The minimum atomic E-state index is -0.388. The van der Waals surface area contributed by atoms with Gasteiger partial charge in [-0.15, -0.1) is 12.3 Å². The lowest BCUT2D eigenvalue weighted by molar-refractivity contribution is 0.555. The zero-order valence-corrected chi connectivity index (χ0v) is 9.13. The molecule has 1 N–H and O–H groups in total. The fourth-order valence-corrected chi connectivity index (χ4v) is 1.36. The number of nitriles is 1. The molecular formula is C13H13FN2. The molecule has 0 aliphatic heterocycles. The van der Waals surface area contributed by atoms with Crippen LogP contribution in [0, 0.1) is 29.5 Å². The summed E-state index contributed by atoms with van der Waals surface area (Å²) in [7, 11) is 0. The van der Waals surface area contributed by atoms with Crippen LogP contribution in [0.4, 0.5) is 4.39 Å². The molecule has 0 spiro atoms. The molecule has 1 atom stereocenters. The van der Waals surface area contributed by atoms with Gasteiger partial charge in [0, 0.05) is 19.0 Å². The first-order valence-corrected chi connectivity index (χ1v) is 5.02. The van der Waals surface area contributed by atoms with E-state index in [0.717, 1.165) is 5.56 Å². The molecule has 1 aromatic rings. The summed E-state index contributed by atoms with van der Waals surface area (Å²) in [4.78, 5) is 0. The van der Waals surface area contributed by atoms with Crippen molar-refractivity contribution in [1.82, 2.24) is 5.32 Å².